The second kappa shape index (κ2) is 5.47. The Labute approximate surface area is 128 Å². The van der Waals surface area contributed by atoms with Crippen molar-refractivity contribution >= 4 is 32.2 Å². The van der Waals surface area contributed by atoms with Crippen LogP contribution in [0.25, 0.3) is 10.8 Å². The van der Waals surface area contributed by atoms with Gasteiger partial charge in [-0.05, 0) is 28.5 Å². The van der Waals surface area contributed by atoms with Gasteiger partial charge >= 0.3 is 0 Å². The van der Waals surface area contributed by atoms with E-state index in [1.165, 1.54) is 12.3 Å². The molecule has 0 radical (unpaired) electrons. The number of sulfone groups is 1. The lowest BCUT2D eigenvalue weighted by Crippen LogP contribution is -2.08. The molecule has 0 bridgehead atoms. The number of hydrogen-bond acceptors (Lipinski definition) is 3. The van der Waals surface area contributed by atoms with Gasteiger partial charge in [0.2, 0.25) is 9.84 Å². The predicted molar refractivity (Wildman–Crippen MR) is 84.1 cm³/mol. The second-order valence-electron chi connectivity index (χ2n) is 4.69. The average Bonchev–Trinajstić information content (AvgIpc) is 2.47. The number of fused-ring (bicyclic) bond motifs is 1. The zero-order valence-corrected chi connectivity index (χ0v) is 12.6. The highest BCUT2D eigenvalue weighted by molar-refractivity contribution is 7.90. The molecule has 0 saturated carbocycles. The molecule has 0 fully saturated rings. The molecule has 0 unspecified atom stereocenters. The van der Waals surface area contributed by atoms with Crippen LogP contribution in [0.3, 0.4) is 0 Å². The highest BCUT2D eigenvalue weighted by Gasteiger charge is 2.21. The molecule has 106 valence electrons. The summed E-state index contributed by atoms with van der Waals surface area (Å²) in [7, 11) is -3.58. The van der Waals surface area contributed by atoms with Crippen LogP contribution in [0.15, 0.2) is 65.8 Å². The van der Waals surface area contributed by atoms with Crippen LogP contribution < -0.4 is 0 Å². The number of rotatable bonds is 3. The van der Waals surface area contributed by atoms with Crippen molar-refractivity contribution in [3.8, 4) is 0 Å². The fourth-order valence-corrected chi connectivity index (χ4v) is 4.15. The molecule has 0 spiro atoms. The summed E-state index contributed by atoms with van der Waals surface area (Å²) in [4.78, 5) is 3.91. The van der Waals surface area contributed by atoms with Crippen molar-refractivity contribution in [1.29, 1.82) is 0 Å². The maximum Gasteiger partial charge on any atom is 0.201 e. The lowest BCUT2D eigenvalue weighted by Gasteiger charge is -2.08. The normalized spacial score (nSPS) is 11.7. The zero-order valence-electron chi connectivity index (χ0n) is 11.0. The summed E-state index contributed by atoms with van der Waals surface area (Å²) in [5, 5.41) is 2.02. The van der Waals surface area contributed by atoms with E-state index < -0.39 is 9.84 Å². The van der Waals surface area contributed by atoms with E-state index in [1.54, 1.807) is 6.07 Å². The van der Waals surface area contributed by atoms with Gasteiger partial charge in [0, 0.05) is 6.20 Å². The molecular formula is C16H12ClNO2S. The summed E-state index contributed by atoms with van der Waals surface area (Å²) in [5.41, 5.74) is 0.745. The quantitative estimate of drug-likeness (QED) is 0.737. The van der Waals surface area contributed by atoms with Gasteiger partial charge in [-0.25, -0.2) is 13.4 Å². The SMILES string of the molecule is O=S(=O)(Cc1cccc2ccccc12)c1ncccc1Cl. The molecule has 3 nitrogen and oxygen atoms in total. The smallest absolute Gasteiger partial charge is 0.201 e. The molecule has 0 aliphatic rings. The fourth-order valence-electron chi connectivity index (χ4n) is 2.29. The lowest BCUT2D eigenvalue weighted by atomic mass is 10.1. The Morgan fingerprint density at radius 1 is 0.952 bits per heavy atom. The van der Waals surface area contributed by atoms with E-state index in [1.807, 2.05) is 42.5 Å². The van der Waals surface area contributed by atoms with Crippen molar-refractivity contribution in [1.82, 2.24) is 4.98 Å². The molecule has 3 rings (SSSR count). The largest absolute Gasteiger partial charge is 0.243 e. The Morgan fingerprint density at radius 3 is 2.52 bits per heavy atom. The molecule has 0 atom stereocenters. The molecule has 5 heteroatoms. The first-order valence-electron chi connectivity index (χ1n) is 6.38. The van der Waals surface area contributed by atoms with E-state index in [-0.39, 0.29) is 15.8 Å². The topological polar surface area (TPSA) is 47.0 Å². The number of pyridine rings is 1. The van der Waals surface area contributed by atoms with Gasteiger partial charge in [-0.15, -0.1) is 0 Å². The number of benzene rings is 2. The minimum absolute atomic E-state index is 0.0698. The predicted octanol–water partition coefficient (Wildman–Crippen LogP) is 3.86. The lowest BCUT2D eigenvalue weighted by molar-refractivity contribution is 0.592. The Balaban J connectivity index is 2.08. The molecule has 0 aliphatic carbocycles. The van der Waals surface area contributed by atoms with Gasteiger partial charge < -0.3 is 0 Å². The van der Waals surface area contributed by atoms with Crippen LogP contribution in [0, 0.1) is 0 Å². The Kier molecular flexibility index (Phi) is 3.66. The van der Waals surface area contributed by atoms with Gasteiger partial charge in [0.1, 0.15) is 0 Å². The Morgan fingerprint density at radius 2 is 1.71 bits per heavy atom. The summed E-state index contributed by atoms with van der Waals surface area (Å²) in [6.07, 6.45) is 1.43. The van der Waals surface area contributed by atoms with Crippen molar-refractivity contribution in [2.45, 2.75) is 10.8 Å². The molecule has 0 saturated heterocycles. The standard InChI is InChI=1S/C16H12ClNO2S/c17-15-9-4-10-18-16(15)21(19,20)11-13-7-3-6-12-5-1-2-8-14(12)13/h1-10H,11H2. The summed E-state index contributed by atoms with van der Waals surface area (Å²) >= 11 is 5.95. The monoisotopic (exact) mass is 317 g/mol. The fraction of sp³-hybridized carbons (Fsp3) is 0.0625. The first-order chi connectivity index (χ1) is 10.1. The molecule has 0 amide bonds. The van der Waals surface area contributed by atoms with Crippen LogP contribution in [0.2, 0.25) is 5.02 Å². The molecule has 0 N–H and O–H groups in total. The summed E-state index contributed by atoms with van der Waals surface area (Å²) in [5.74, 6) is -0.120. The van der Waals surface area contributed by atoms with Crippen molar-refractivity contribution in [3.63, 3.8) is 0 Å². The Hall–Kier alpha value is -1.91. The minimum Gasteiger partial charge on any atom is -0.243 e. The van der Waals surface area contributed by atoms with Crippen LogP contribution >= 0.6 is 11.6 Å². The summed E-state index contributed by atoms with van der Waals surface area (Å²) in [6, 6.07) is 16.5. The molecular weight excluding hydrogens is 306 g/mol. The second-order valence-corrected chi connectivity index (χ2v) is 7.00. The summed E-state index contributed by atoms with van der Waals surface area (Å²) in [6.45, 7) is 0. The average molecular weight is 318 g/mol. The van der Waals surface area contributed by atoms with E-state index in [2.05, 4.69) is 4.98 Å². The van der Waals surface area contributed by atoms with Gasteiger partial charge in [-0.3, -0.25) is 0 Å². The first-order valence-corrected chi connectivity index (χ1v) is 8.41. The van der Waals surface area contributed by atoms with Crippen LogP contribution in [0.1, 0.15) is 5.56 Å². The van der Waals surface area contributed by atoms with E-state index in [0.717, 1.165) is 16.3 Å². The first kappa shape index (κ1) is 14.0. The molecule has 1 heterocycles. The maximum atomic E-state index is 12.5. The number of halogens is 1. The van der Waals surface area contributed by atoms with E-state index in [9.17, 15) is 8.42 Å². The zero-order chi connectivity index (χ0) is 14.9. The third kappa shape index (κ3) is 2.77. The van der Waals surface area contributed by atoms with Crippen molar-refractivity contribution in [3.05, 3.63) is 71.4 Å². The molecule has 0 aliphatic heterocycles. The van der Waals surface area contributed by atoms with Gasteiger partial charge in [0.15, 0.2) is 5.03 Å². The van der Waals surface area contributed by atoms with E-state index in [4.69, 9.17) is 11.6 Å². The number of hydrogen-bond donors (Lipinski definition) is 0. The van der Waals surface area contributed by atoms with Gasteiger partial charge in [0.25, 0.3) is 0 Å². The highest BCUT2D eigenvalue weighted by atomic mass is 35.5. The molecule has 1 aromatic heterocycles. The van der Waals surface area contributed by atoms with Crippen molar-refractivity contribution in [2.75, 3.05) is 0 Å². The molecule has 3 aromatic rings. The van der Waals surface area contributed by atoms with Gasteiger partial charge in [-0.2, -0.15) is 0 Å². The molecule has 2 aromatic carbocycles. The summed E-state index contributed by atoms with van der Waals surface area (Å²) < 4.78 is 25.0. The minimum atomic E-state index is -3.58. The Bertz CT molecular complexity index is 902. The maximum absolute atomic E-state index is 12.5. The number of aromatic nitrogens is 1. The van der Waals surface area contributed by atoms with Crippen molar-refractivity contribution in [2.24, 2.45) is 0 Å². The van der Waals surface area contributed by atoms with Crippen LogP contribution in [-0.4, -0.2) is 13.4 Å². The van der Waals surface area contributed by atoms with Gasteiger partial charge in [-0.1, -0.05) is 54.1 Å². The van der Waals surface area contributed by atoms with Crippen LogP contribution in [0.4, 0.5) is 0 Å². The number of nitrogens with zero attached hydrogens (tertiary/aromatic N) is 1. The highest BCUT2D eigenvalue weighted by Crippen LogP contribution is 2.25. The third-order valence-corrected chi connectivity index (χ3v) is 5.27. The van der Waals surface area contributed by atoms with Gasteiger partial charge in [0.05, 0.1) is 10.8 Å². The van der Waals surface area contributed by atoms with Crippen LogP contribution in [-0.2, 0) is 15.6 Å². The van der Waals surface area contributed by atoms with Crippen LogP contribution in [0.5, 0.6) is 0 Å². The molecule has 21 heavy (non-hydrogen) atoms. The third-order valence-electron chi connectivity index (χ3n) is 3.24. The van der Waals surface area contributed by atoms with Crippen molar-refractivity contribution < 1.29 is 8.42 Å². The van der Waals surface area contributed by atoms with E-state index >= 15 is 0 Å². The van der Waals surface area contributed by atoms with E-state index in [0.29, 0.717) is 0 Å².